The lowest BCUT2D eigenvalue weighted by atomic mass is 10.0. The van der Waals surface area contributed by atoms with Crippen molar-refractivity contribution in [2.75, 3.05) is 13.2 Å². The maximum absolute atomic E-state index is 13.0. The normalized spacial score (nSPS) is 12.7. The molecule has 0 aliphatic rings. The van der Waals surface area contributed by atoms with Crippen LogP contribution in [0.1, 0.15) is 355 Å². The van der Waals surface area contributed by atoms with Crippen LogP contribution in [-0.2, 0) is 28.6 Å². The summed E-state index contributed by atoms with van der Waals surface area (Å²) in [6, 6.07) is 0. The van der Waals surface area contributed by atoms with Crippen LogP contribution < -0.4 is 0 Å². The molecule has 0 spiro atoms. The molecule has 83 heavy (non-hydrogen) atoms. The third-order valence-corrected chi connectivity index (χ3v) is 15.5. The minimum atomic E-state index is -0.785. The third-order valence-electron chi connectivity index (χ3n) is 15.5. The van der Waals surface area contributed by atoms with E-state index in [4.69, 9.17) is 14.2 Å². The minimum absolute atomic E-state index is 0.0800. The van der Waals surface area contributed by atoms with E-state index in [1.54, 1.807) is 0 Å². The highest BCUT2D eigenvalue weighted by molar-refractivity contribution is 5.71. The quantitative estimate of drug-likeness (QED) is 0.0261. The van der Waals surface area contributed by atoms with Crippen LogP contribution >= 0.6 is 0 Å². The van der Waals surface area contributed by atoms with Crippen LogP contribution in [0, 0.1) is 0 Å². The van der Waals surface area contributed by atoms with Crippen molar-refractivity contribution in [2.45, 2.75) is 361 Å². The Morgan fingerprint density at radius 3 is 0.759 bits per heavy atom. The Balaban J connectivity index is 4.35. The molecule has 478 valence electrons. The fourth-order valence-electron chi connectivity index (χ4n) is 10.2. The number of rotatable bonds is 65. The number of hydrogen-bond acceptors (Lipinski definition) is 6. The van der Waals surface area contributed by atoms with Gasteiger partial charge in [0.05, 0.1) is 0 Å². The van der Waals surface area contributed by atoms with Gasteiger partial charge in [0.15, 0.2) is 6.10 Å². The molecule has 0 aliphatic heterocycles. The number of allylic oxidation sites excluding steroid dienone is 16. The van der Waals surface area contributed by atoms with Gasteiger partial charge in [-0.3, -0.25) is 14.4 Å². The highest BCUT2D eigenvalue weighted by atomic mass is 16.6. The summed E-state index contributed by atoms with van der Waals surface area (Å²) in [4.78, 5) is 38.5. The molecular weight excluding hydrogens is 1020 g/mol. The monoisotopic (exact) mass is 1160 g/mol. The molecule has 0 saturated carbocycles. The van der Waals surface area contributed by atoms with Gasteiger partial charge in [0.2, 0.25) is 0 Å². The van der Waals surface area contributed by atoms with Gasteiger partial charge < -0.3 is 14.2 Å². The van der Waals surface area contributed by atoms with Gasteiger partial charge in [0, 0.05) is 19.3 Å². The van der Waals surface area contributed by atoms with Crippen molar-refractivity contribution in [2.24, 2.45) is 0 Å². The predicted octanol–water partition coefficient (Wildman–Crippen LogP) is 24.8. The van der Waals surface area contributed by atoms with Crippen molar-refractivity contribution in [3.05, 3.63) is 97.2 Å². The largest absolute Gasteiger partial charge is 0.462 e. The van der Waals surface area contributed by atoms with Crippen LogP contribution in [0.3, 0.4) is 0 Å². The number of unbranched alkanes of at least 4 members (excludes halogenated alkanes) is 38. The summed E-state index contributed by atoms with van der Waals surface area (Å²) in [7, 11) is 0. The predicted molar refractivity (Wildman–Crippen MR) is 362 cm³/mol. The molecule has 6 heteroatoms. The summed E-state index contributed by atoms with van der Waals surface area (Å²) < 4.78 is 17.0. The summed E-state index contributed by atoms with van der Waals surface area (Å²) in [5.41, 5.74) is 0. The second-order valence-corrected chi connectivity index (χ2v) is 23.8. The number of esters is 3. The van der Waals surface area contributed by atoms with Gasteiger partial charge in [-0.05, 0) is 122 Å². The van der Waals surface area contributed by atoms with Crippen molar-refractivity contribution < 1.29 is 28.6 Å². The molecular formula is C77H134O6. The third kappa shape index (κ3) is 69.0. The molecule has 0 fully saturated rings. The molecule has 0 N–H and O–H groups in total. The summed E-state index contributed by atoms with van der Waals surface area (Å²) in [6.45, 7) is 6.53. The van der Waals surface area contributed by atoms with Crippen molar-refractivity contribution in [1.82, 2.24) is 0 Å². The number of carbonyl (C=O) groups excluding carboxylic acids is 3. The fourth-order valence-corrected chi connectivity index (χ4v) is 10.2. The number of hydrogen-bond donors (Lipinski definition) is 0. The first-order valence-electron chi connectivity index (χ1n) is 35.7. The van der Waals surface area contributed by atoms with Crippen molar-refractivity contribution in [3.63, 3.8) is 0 Å². The lowest BCUT2D eigenvalue weighted by Crippen LogP contribution is -2.30. The average Bonchev–Trinajstić information content (AvgIpc) is 3.49. The summed E-state index contributed by atoms with van der Waals surface area (Å²) in [5.74, 6) is -0.874. The van der Waals surface area contributed by atoms with Crippen molar-refractivity contribution in [1.29, 1.82) is 0 Å². The van der Waals surface area contributed by atoms with E-state index < -0.39 is 6.10 Å². The highest BCUT2D eigenvalue weighted by Gasteiger charge is 2.19. The molecule has 0 saturated heterocycles. The molecule has 0 radical (unpaired) electrons. The first kappa shape index (κ1) is 79.3. The highest BCUT2D eigenvalue weighted by Crippen LogP contribution is 2.17. The minimum Gasteiger partial charge on any atom is -0.462 e. The lowest BCUT2D eigenvalue weighted by molar-refractivity contribution is -0.167. The van der Waals surface area contributed by atoms with Crippen LogP contribution in [0.2, 0.25) is 0 Å². The Labute approximate surface area is 515 Å². The van der Waals surface area contributed by atoms with E-state index >= 15 is 0 Å². The van der Waals surface area contributed by atoms with Crippen molar-refractivity contribution >= 4 is 17.9 Å². The molecule has 0 aromatic carbocycles. The van der Waals surface area contributed by atoms with E-state index in [0.29, 0.717) is 19.3 Å². The topological polar surface area (TPSA) is 78.9 Å². The molecule has 0 heterocycles. The summed E-state index contributed by atoms with van der Waals surface area (Å²) in [6.07, 6.45) is 95.7. The second kappa shape index (κ2) is 70.8. The fraction of sp³-hybridized carbons (Fsp3) is 0.753. The summed E-state index contributed by atoms with van der Waals surface area (Å²) >= 11 is 0. The average molecular weight is 1160 g/mol. The van der Waals surface area contributed by atoms with Gasteiger partial charge in [-0.1, -0.05) is 311 Å². The second-order valence-electron chi connectivity index (χ2n) is 23.8. The van der Waals surface area contributed by atoms with E-state index in [2.05, 4.69) is 118 Å². The zero-order valence-electron chi connectivity index (χ0n) is 54.9. The molecule has 0 rings (SSSR count). The van der Waals surface area contributed by atoms with Gasteiger partial charge in [-0.15, -0.1) is 0 Å². The Morgan fingerprint density at radius 2 is 0.470 bits per heavy atom. The standard InChI is InChI=1S/C77H134O6/c1-4-7-10-13-16-19-22-25-28-31-33-35-37-38-40-41-43-46-49-52-55-58-61-64-67-70-76(79)82-73-74(72-81-75(78)69-66-63-60-57-54-51-48-45-30-27-24-21-18-15-12-9-6-3)83-77(80)71-68-65-62-59-56-53-50-47-44-42-39-36-34-32-29-26-23-20-17-14-11-8-5-2/h7,10,16,18-19,21,23,25-28,30,32-35,74H,4-6,8-9,11-15,17,20,22,24,29,31,36-73H2,1-3H3/b10-7-,19-16-,21-18-,26-23-,28-25-,30-27-,34-32-,35-33-. The molecule has 0 aromatic heterocycles. The van der Waals surface area contributed by atoms with E-state index in [-0.39, 0.29) is 31.1 Å². The zero-order chi connectivity index (χ0) is 59.9. The van der Waals surface area contributed by atoms with E-state index in [1.807, 2.05) is 0 Å². The van der Waals surface area contributed by atoms with E-state index in [1.165, 1.54) is 212 Å². The Bertz CT molecular complexity index is 1610. The Morgan fingerprint density at radius 1 is 0.253 bits per heavy atom. The maximum atomic E-state index is 13.0. The van der Waals surface area contributed by atoms with Crippen LogP contribution in [0.4, 0.5) is 0 Å². The Hall–Kier alpha value is -3.67. The molecule has 0 aromatic rings. The Kier molecular flexibility index (Phi) is 67.7. The first-order valence-corrected chi connectivity index (χ1v) is 35.7. The summed E-state index contributed by atoms with van der Waals surface area (Å²) in [5, 5.41) is 0. The maximum Gasteiger partial charge on any atom is 0.306 e. The molecule has 1 atom stereocenters. The smallest absolute Gasteiger partial charge is 0.306 e. The van der Waals surface area contributed by atoms with Gasteiger partial charge in [0.25, 0.3) is 0 Å². The molecule has 0 bridgehead atoms. The molecule has 1 unspecified atom stereocenters. The van der Waals surface area contributed by atoms with Gasteiger partial charge in [-0.2, -0.15) is 0 Å². The van der Waals surface area contributed by atoms with Gasteiger partial charge in [0.1, 0.15) is 13.2 Å². The van der Waals surface area contributed by atoms with Crippen molar-refractivity contribution in [3.8, 4) is 0 Å². The zero-order valence-corrected chi connectivity index (χ0v) is 54.9. The van der Waals surface area contributed by atoms with Crippen LogP contribution in [0.15, 0.2) is 97.2 Å². The molecule has 6 nitrogen and oxygen atoms in total. The number of ether oxygens (including phenoxy) is 3. The van der Waals surface area contributed by atoms with E-state index in [0.717, 1.165) is 103 Å². The van der Waals surface area contributed by atoms with Gasteiger partial charge in [-0.25, -0.2) is 0 Å². The number of carbonyl (C=O) groups is 3. The van der Waals surface area contributed by atoms with Crippen LogP contribution in [0.25, 0.3) is 0 Å². The SMILES string of the molecule is CC/C=C\C/C=C\C/C=C\C/C=C\CCCCCCCCCCCCCCC(=O)OCC(COC(=O)CCCCCCCCC/C=C\C/C=C\CCCCC)OC(=O)CCCCCCCCCCCCC/C=C\C/C=C\CCCCCCC. The van der Waals surface area contributed by atoms with Crippen LogP contribution in [-0.4, -0.2) is 37.2 Å². The first-order chi connectivity index (χ1) is 41.0. The van der Waals surface area contributed by atoms with E-state index in [9.17, 15) is 14.4 Å². The molecule has 0 aliphatic carbocycles. The van der Waals surface area contributed by atoms with Crippen LogP contribution in [0.5, 0.6) is 0 Å². The molecule has 0 amide bonds. The lowest BCUT2D eigenvalue weighted by Gasteiger charge is -2.18. The van der Waals surface area contributed by atoms with Gasteiger partial charge >= 0.3 is 17.9 Å².